The van der Waals surface area contributed by atoms with Crippen LogP contribution in [0, 0.1) is 0 Å². The summed E-state index contributed by atoms with van der Waals surface area (Å²) in [4.78, 5) is 38.1. The second kappa shape index (κ2) is 7.98. The normalized spacial score (nSPS) is 10.6. The van der Waals surface area contributed by atoms with Crippen molar-refractivity contribution in [2.75, 3.05) is 5.73 Å². The van der Waals surface area contributed by atoms with E-state index in [2.05, 4.69) is 20.9 Å². The van der Waals surface area contributed by atoms with Crippen molar-refractivity contribution in [3.05, 3.63) is 73.4 Å². The molecule has 0 amide bonds. The average Bonchev–Trinajstić information content (AvgIpc) is 2.64. The van der Waals surface area contributed by atoms with Gasteiger partial charge in [-0.25, -0.2) is 9.59 Å². The Labute approximate surface area is 176 Å². The van der Waals surface area contributed by atoms with E-state index in [1.807, 2.05) is 0 Å². The fourth-order valence-corrected chi connectivity index (χ4v) is 3.48. The van der Waals surface area contributed by atoms with Gasteiger partial charge in [-0.15, -0.1) is 0 Å². The number of aromatic carboxylic acids is 2. The van der Waals surface area contributed by atoms with Gasteiger partial charge >= 0.3 is 11.9 Å². The molecule has 10 heteroatoms. The van der Waals surface area contributed by atoms with E-state index in [-0.39, 0.29) is 20.8 Å². The Bertz CT molecular complexity index is 1190. The molecule has 29 heavy (non-hydrogen) atoms. The quantitative estimate of drug-likeness (QED) is 0.429. The number of aromatic nitrogens is 1. The van der Waals surface area contributed by atoms with Crippen LogP contribution in [0.4, 0.5) is 5.82 Å². The molecule has 0 unspecified atom stereocenters. The number of carboxylic acid groups (broad SMARTS) is 2. The van der Waals surface area contributed by atoms with Gasteiger partial charge in [0.15, 0.2) is 5.75 Å². The van der Waals surface area contributed by atoms with Crippen LogP contribution in [0.15, 0.2) is 51.7 Å². The molecule has 0 spiro atoms. The number of carboxylic acids is 2. The smallest absolute Gasteiger partial charge is 0.342 e. The predicted octanol–water partition coefficient (Wildman–Crippen LogP) is 4.23. The first-order valence-electron chi connectivity index (χ1n) is 7.96. The number of carbonyl (C=O) groups is 2. The number of anilines is 1. The standard InChI is InChI=1S/C19H12BrClN2O6/c20-9-6-7-10(21)15(29-8-4-2-1-3-5-8)11(9)12-13(18(25)26)16(22)23-17(24)14(12)19(27)28/h1-7H,(H,25,26)(H,27,28)(H3,22,23,24). The molecule has 0 aliphatic rings. The van der Waals surface area contributed by atoms with Gasteiger partial charge in [-0.2, -0.15) is 0 Å². The molecule has 0 radical (unpaired) electrons. The lowest BCUT2D eigenvalue weighted by molar-refractivity contribution is 0.0695. The van der Waals surface area contributed by atoms with E-state index in [0.717, 1.165) is 0 Å². The zero-order valence-electron chi connectivity index (χ0n) is 14.4. The summed E-state index contributed by atoms with van der Waals surface area (Å²) in [5, 5.41) is 19.3. The maximum Gasteiger partial charge on any atom is 0.342 e. The topological polar surface area (TPSA) is 143 Å². The summed E-state index contributed by atoms with van der Waals surface area (Å²) in [6, 6.07) is 11.4. The van der Waals surface area contributed by atoms with Gasteiger partial charge in [0.05, 0.1) is 5.02 Å². The molecule has 2 aromatic carbocycles. The van der Waals surface area contributed by atoms with Gasteiger partial charge in [0, 0.05) is 15.6 Å². The molecule has 0 saturated carbocycles. The van der Waals surface area contributed by atoms with Crippen LogP contribution < -0.4 is 16.0 Å². The monoisotopic (exact) mass is 478 g/mol. The third kappa shape index (κ3) is 3.82. The minimum Gasteiger partial charge on any atom is -0.478 e. The van der Waals surface area contributed by atoms with Crippen LogP contribution in [0.5, 0.6) is 11.5 Å². The summed E-state index contributed by atoms with van der Waals surface area (Å²) >= 11 is 9.56. The molecule has 8 nitrogen and oxygen atoms in total. The van der Waals surface area contributed by atoms with Crippen molar-refractivity contribution < 1.29 is 24.5 Å². The number of nitrogens with two attached hydrogens (primary N) is 1. The van der Waals surface area contributed by atoms with Crippen molar-refractivity contribution in [2.24, 2.45) is 0 Å². The second-order valence-electron chi connectivity index (χ2n) is 5.75. The molecule has 1 aromatic heterocycles. The summed E-state index contributed by atoms with van der Waals surface area (Å²) in [6.45, 7) is 0. The molecule has 0 saturated heterocycles. The van der Waals surface area contributed by atoms with Crippen LogP contribution in [0.3, 0.4) is 0 Å². The van der Waals surface area contributed by atoms with Crippen molar-refractivity contribution in [1.29, 1.82) is 0 Å². The maximum atomic E-state index is 12.3. The number of para-hydroxylation sites is 1. The van der Waals surface area contributed by atoms with Gasteiger partial charge in [0.1, 0.15) is 22.7 Å². The Kier molecular flexibility index (Phi) is 5.62. The lowest BCUT2D eigenvalue weighted by Gasteiger charge is -2.18. The minimum atomic E-state index is -1.64. The highest BCUT2D eigenvalue weighted by molar-refractivity contribution is 9.10. The van der Waals surface area contributed by atoms with E-state index in [9.17, 15) is 24.6 Å². The molecule has 0 fully saturated rings. The van der Waals surface area contributed by atoms with Crippen LogP contribution in [0.1, 0.15) is 20.7 Å². The van der Waals surface area contributed by atoms with E-state index < -0.39 is 40.0 Å². The summed E-state index contributed by atoms with van der Waals surface area (Å²) in [6.07, 6.45) is 0. The third-order valence-corrected chi connectivity index (χ3v) is 4.90. The molecular formula is C19H12BrClN2O6. The molecule has 5 N–H and O–H groups in total. The lowest BCUT2D eigenvalue weighted by atomic mass is 9.94. The van der Waals surface area contributed by atoms with Crippen molar-refractivity contribution in [3.63, 3.8) is 0 Å². The van der Waals surface area contributed by atoms with Gasteiger partial charge in [-0.1, -0.05) is 45.7 Å². The summed E-state index contributed by atoms with van der Waals surface area (Å²) < 4.78 is 6.08. The molecular weight excluding hydrogens is 468 g/mol. The number of hydrogen-bond acceptors (Lipinski definition) is 5. The number of nitrogen functional groups attached to an aromatic ring is 1. The van der Waals surface area contributed by atoms with Gasteiger partial charge in [0.25, 0.3) is 5.56 Å². The number of halogens is 2. The number of benzene rings is 2. The number of aromatic amines is 1. The number of pyridine rings is 1. The number of hydrogen-bond donors (Lipinski definition) is 4. The van der Waals surface area contributed by atoms with E-state index >= 15 is 0 Å². The Balaban J connectivity index is 2.46. The highest BCUT2D eigenvalue weighted by atomic mass is 79.9. The average molecular weight is 480 g/mol. The van der Waals surface area contributed by atoms with E-state index in [1.165, 1.54) is 12.1 Å². The van der Waals surface area contributed by atoms with Crippen LogP contribution in [0.25, 0.3) is 11.1 Å². The van der Waals surface area contributed by atoms with Crippen molar-refractivity contribution in [1.82, 2.24) is 4.98 Å². The number of nitrogens with one attached hydrogen (secondary N) is 1. The molecule has 148 valence electrons. The van der Waals surface area contributed by atoms with E-state index in [0.29, 0.717) is 5.75 Å². The Morgan fingerprint density at radius 1 is 1.00 bits per heavy atom. The van der Waals surface area contributed by atoms with Gasteiger partial charge in [0.2, 0.25) is 0 Å². The maximum absolute atomic E-state index is 12.3. The Morgan fingerprint density at radius 2 is 1.62 bits per heavy atom. The SMILES string of the molecule is Nc1[nH]c(=O)c(C(=O)O)c(-c2c(Br)ccc(Cl)c2Oc2ccccc2)c1C(=O)O. The fraction of sp³-hybridized carbons (Fsp3) is 0. The van der Waals surface area contributed by atoms with Crippen LogP contribution in [-0.2, 0) is 0 Å². The molecule has 3 aromatic rings. The minimum absolute atomic E-state index is 0.0334. The molecule has 1 heterocycles. The van der Waals surface area contributed by atoms with Crippen molar-refractivity contribution in [2.45, 2.75) is 0 Å². The molecule has 0 aliphatic heterocycles. The molecule has 3 rings (SSSR count). The first kappa shape index (κ1) is 20.4. The van der Waals surface area contributed by atoms with Gasteiger partial charge in [-0.3, -0.25) is 4.79 Å². The largest absolute Gasteiger partial charge is 0.478 e. The predicted molar refractivity (Wildman–Crippen MR) is 110 cm³/mol. The fourth-order valence-electron chi connectivity index (χ4n) is 2.77. The van der Waals surface area contributed by atoms with Crippen LogP contribution in [0.2, 0.25) is 5.02 Å². The van der Waals surface area contributed by atoms with Crippen molar-refractivity contribution in [3.8, 4) is 22.6 Å². The third-order valence-electron chi connectivity index (χ3n) is 3.94. The molecule has 0 atom stereocenters. The van der Waals surface area contributed by atoms with Gasteiger partial charge < -0.3 is 25.7 Å². The zero-order valence-corrected chi connectivity index (χ0v) is 16.7. The van der Waals surface area contributed by atoms with E-state index in [4.69, 9.17) is 22.1 Å². The summed E-state index contributed by atoms with van der Waals surface area (Å²) in [7, 11) is 0. The molecule has 0 aliphatic carbocycles. The number of H-pyrrole nitrogens is 1. The van der Waals surface area contributed by atoms with Gasteiger partial charge in [-0.05, 0) is 24.3 Å². The number of ether oxygens (including phenoxy) is 1. The Hall–Kier alpha value is -3.30. The molecule has 0 bridgehead atoms. The number of rotatable bonds is 5. The summed E-state index contributed by atoms with van der Waals surface area (Å²) in [5.74, 6) is -3.35. The Morgan fingerprint density at radius 3 is 2.21 bits per heavy atom. The zero-order chi connectivity index (χ0) is 21.3. The lowest BCUT2D eigenvalue weighted by Crippen LogP contribution is -2.24. The first-order valence-corrected chi connectivity index (χ1v) is 9.13. The van der Waals surface area contributed by atoms with E-state index in [1.54, 1.807) is 30.3 Å². The highest BCUT2D eigenvalue weighted by Crippen LogP contribution is 2.46. The highest BCUT2D eigenvalue weighted by Gasteiger charge is 2.30. The van der Waals surface area contributed by atoms with Crippen molar-refractivity contribution >= 4 is 45.3 Å². The summed E-state index contributed by atoms with van der Waals surface area (Å²) in [5.41, 5.74) is 2.78. The first-order chi connectivity index (χ1) is 13.7. The second-order valence-corrected chi connectivity index (χ2v) is 7.01. The van der Waals surface area contributed by atoms with Crippen LogP contribution >= 0.6 is 27.5 Å². The van der Waals surface area contributed by atoms with Crippen LogP contribution in [-0.4, -0.2) is 27.1 Å².